The Hall–Kier alpha value is -1.31. The molecular weight excluding hydrogens is 172 g/mol. The largest absolute Gasteiger partial charge is 0.347 e. The molecule has 0 bridgehead atoms. The van der Waals surface area contributed by atoms with E-state index in [4.69, 9.17) is 0 Å². The molecule has 1 aliphatic rings. The van der Waals surface area contributed by atoms with Gasteiger partial charge in [-0.05, 0) is 32.0 Å². The smallest absolute Gasteiger partial charge is 0.137 e. The van der Waals surface area contributed by atoms with Crippen molar-refractivity contribution >= 4 is 5.84 Å². The van der Waals surface area contributed by atoms with E-state index in [1.165, 1.54) is 24.0 Å². The fourth-order valence-corrected chi connectivity index (χ4v) is 1.47. The van der Waals surface area contributed by atoms with Gasteiger partial charge in [0.05, 0.1) is 0 Å². The Kier molecular flexibility index (Phi) is 4.17. The second-order valence-electron chi connectivity index (χ2n) is 3.44. The van der Waals surface area contributed by atoms with E-state index in [0.717, 1.165) is 12.3 Å². The maximum absolute atomic E-state index is 4.23. The Morgan fingerprint density at radius 1 is 1.64 bits per heavy atom. The summed E-state index contributed by atoms with van der Waals surface area (Å²) in [7, 11) is 0. The minimum atomic E-state index is 0.925. The van der Waals surface area contributed by atoms with Crippen LogP contribution in [0, 0.1) is 0 Å². The summed E-state index contributed by atoms with van der Waals surface area (Å²) in [5.74, 6) is 0.925. The molecule has 14 heavy (non-hydrogen) atoms. The summed E-state index contributed by atoms with van der Waals surface area (Å²) < 4.78 is 0. The molecule has 76 valence electrons. The van der Waals surface area contributed by atoms with Crippen LogP contribution >= 0.6 is 0 Å². The quantitative estimate of drug-likeness (QED) is 0.723. The van der Waals surface area contributed by atoms with Gasteiger partial charge in [0.2, 0.25) is 0 Å². The number of amidine groups is 1. The van der Waals surface area contributed by atoms with Crippen LogP contribution in [0.25, 0.3) is 0 Å². The molecule has 0 saturated heterocycles. The first-order valence-electron chi connectivity index (χ1n) is 5.11. The van der Waals surface area contributed by atoms with Gasteiger partial charge in [-0.2, -0.15) is 0 Å². The molecule has 0 aromatic heterocycles. The average Bonchev–Trinajstić information content (AvgIpc) is 2.63. The zero-order valence-electron chi connectivity index (χ0n) is 9.01. The summed E-state index contributed by atoms with van der Waals surface area (Å²) in [6.07, 6.45) is 9.17. The summed E-state index contributed by atoms with van der Waals surface area (Å²) in [6, 6.07) is 0. The molecule has 2 nitrogen and oxygen atoms in total. The van der Waals surface area contributed by atoms with Gasteiger partial charge >= 0.3 is 0 Å². The number of unbranched alkanes of at least 4 members (excludes halogenated alkanes) is 1. The highest BCUT2D eigenvalue weighted by Crippen LogP contribution is 2.17. The van der Waals surface area contributed by atoms with Crippen LogP contribution in [-0.2, 0) is 0 Å². The first-order chi connectivity index (χ1) is 6.79. The van der Waals surface area contributed by atoms with Crippen LogP contribution in [0.15, 0.2) is 41.2 Å². The lowest BCUT2D eigenvalue weighted by molar-refractivity contribution is 0.785. The summed E-state index contributed by atoms with van der Waals surface area (Å²) >= 11 is 0. The number of aliphatic imine (C=N–C) groups is 1. The number of allylic oxidation sites excluding steroid dienone is 1. The van der Waals surface area contributed by atoms with Crippen LogP contribution in [0.3, 0.4) is 0 Å². The van der Waals surface area contributed by atoms with Crippen molar-refractivity contribution in [3.8, 4) is 0 Å². The normalized spacial score (nSPS) is 18.0. The lowest BCUT2D eigenvalue weighted by atomic mass is 10.0. The number of rotatable bonds is 4. The Morgan fingerprint density at radius 3 is 3.07 bits per heavy atom. The van der Waals surface area contributed by atoms with Crippen molar-refractivity contribution in [3.63, 3.8) is 0 Å². The zero-order valence-corrected chi connectivity index (χ0v) is 9.01. The van der Waals surface area contributed by atoms with Crippen LogP contribution in [0.2, 0.25) is 0 Å². The molecular formula is C12H18N2. The molecule has 1 heterocycles. The molecule has 1 rings (SSSR count). The molecule has 0 fully saturated rings. The van der Waals surface area contributed by atoms with Crippen molar-refractivity contribution in [2.75, 3.05) is 0 Å². The van der Waals surface area contributed by atoms with Crippen molar-refractivity contribution in [1.29, 1.82) is 0 Å². The standard InChI is InChI=1S/C12H18N2/c1-4-6-7-10(3)11-8-9-14-12(11)13-5-2/h5,8-9H,2,4,6-7H2,1,3H3,(H,13,14)/b11-10-. The molecule has 0 aliphatic carbocycles. The highest BCUT2D eigenvalue weighted by molar-refractivity contribution is 6.04. The predicted molar refractivity (Wildman–Crippen MR) is 62.1 cm³/mol. The molecule has 0 amide bonds. The van der Waals surface area contributed by atoms with Gasteiger partial charge in [-0.25, -0.2) is 4.99 Å². The first kappa shape index (κ1) is 10.8. The maximum Gasteiger partial charge on any atom is 0.137 e. The third kappa shape index (κ3) is 2.59. The molecule has 0 atom stereocenters. The van der Waals surface area contributed by atoms with E-state index in [1.54, 1.807) is 6.20 Å². The van der Waals surface area contributed by atoms with Gasteiger partial charge in [0, 0.05) is 11.8 Å². The fraction of sp³-hybridized carbons (Fsp3) is 0.417. The van der Waals surface area contributed by atoms with Crippen LogP contribution in [0.1, 0.15) is 33.1 Å². The van der Waals surface area contributed by atoms with E-state index in [-0.39, 0.29) is 0 Å². The minimum Gasteiger partial charge on any atom is -0.347 e. The highest BCUT2D eigenvalue weighted by atomic mass is 15.0. The van der Waals surface area contributed by atoms with Crippen molar-refractivity contribution in [2.24, 2.45) is 4.99 Å². The molecule has 1 aliphatic heterocycles. The van der Waals surface area contributed by atoms with E-state index in [2.05, 4.69) is 36.8 Å². The Labute approximate surface area is 86.1 Å². The first-order valence-corrected chi connectivity index (χ1v) is 5.11. The van der Waals surface area contributed by atoms with E-state index in [9.17, 15) is 0 Å². The van der Waals surface area contributed by atoms with Crippen LogP contribution < -0.4 is 5.32 Å². The molecule has 0 aromatic carbocycles. The van der Waals surface area contributed by atoms with E-state index < -0.39 is 0 Å². The van der Waals surface area contributed by atoms with Gasteiger partial charge in [-0.15, -0.1) is 0 Å². The lowest BCUT2D eigenvalue weighted by Gasteiger charge is -2.07. The van der Waals surface area contributed by atoms with Gasteiger partial charge in [0.1, 0.15) is 5.84 Å². The SMILES string of the molecule is C=CNC1=NC=C/C1=C(\C)CCCC. The number of hydrogen-bond donors (Lipinski definition) is 1. The molecule has 0 aromatic rings. The van der Waals surface area contributed by atoms with Crippen LogP contribution in [0.5, 0.6) is 0 Å². The van der Waals surface area contributed by atoms with E-state index in [1.807, 2.05) is 6.20 Å². The Bertz CT molecular complexity index is 295. The summed E-state index contributed by atoms with van der Waals surface area (Å²) in [6.45, 7) is 8.01. The topological polar surface area (TPSA) is 24.4 Å². The number of nitrogens with one attached hydrogen (secondary N) is 1. The summed E-state index contributed by atoms with van der Waals surface area (Å²) in [5.41, 5.74) is 2.62. The van der Waals surface area contributed by atoms with E-state index in [0.29, 0.717) is 0 Å². The van der Waals surface area contributed by atoms with Crippen molar-refractivity contribution in [1.82, 2.24) is 5.32 Å². The van der Waals surface area contributed by atoms with Gasteiger partial charge in [-0.1, -0.05) is 25.5 Å². The molecule has 0 radical (unpaired) electrons. The van der Waals surface area contributed by atoms with Gasteiger partial charge in [0.15, 0.2) is 0 Å². The molecule has 0 saturated carbocycles. The Morgan fingerprint density at radius 2 is 2.43 bits per heavy atom. The van der Waals surface area contributed by atoms with E-state index >= 15 is 0 Å². The van der Waals surface area contributed by atoms with Gasteiger partial charge < -0.3 is 5.32 Å². The van der Waals surface area contributed by atoms with Crippen molar-refractivity contribution in [2.45, 2.75) is 33.1 Å². The highest BCUT2D eigenvalue weighted by Gasteiger charge is 2.09. The van der Waals surface area contributed by atoms with Gasteiger partial charge in [0.25, 0.3) is 0 Å². The molecule has 0 spiro atoms. The zero-order chi connectivity index (χ0) is 10.4. The summed E-state index contributed by atoms with van der Waals surface area (Å²) in [4.78, 5) is 4.23. The third-order valence-corrected chi connectivity index (χ3v) is 2.30. The van der Waals surface area contributed by atoms with Crippen molar-refractivity contribution in [3.05, 3.63) is 36.2 Å². The van der Waals surface area contributed by atoms with Crippen LogP contribution in [0.4, 0.5) is 0 Å². The Balaban J connectivity index is 2.70. The molecule has 0 unspecified atom stereocenters. The second kappa shape index (κ2) is 5.43. The maximum atomic E-state index is 4.23. The average molecular weight is 190 g/mol. The molecule has 2 heteroatoms. The monoisotopic (exact) mass is 190 g/mol. The minimum absolute atomic E-state index is 0.925. The third-order valence-electron chi connectivity index (χ3n) is 2.30. The number of nitrogens with zero attached hydrogens (tertiary/aromatic N) is 1. The molecule has 1 N–H and O–H groups in total. The predicted octanol–water partition coefficient (Wildman–Crippen LogP) is 3.15. The number of hydrogen-bond acceptors (Lipinski definition) is 2. The second-order valence-corrected chi connectivity index (χ2v) is 3.44. The fourth-order valence-electron chi connectivity index (χ4n) is 1.47. The van der Waals surface area contributed by atoms with Gasteiger partial charge in [-0.3, -0.25) is 0 Å². The lowest BCUT2D eigenvalue weighted by Crippen LogP contribution is -2.17. The summed E-state index contributed by atoms with van der Waals surface area (Å²) in [5, 5.41) is 3.05. The van der Waals surface area contributed by atoms with Crippen LogP contribution in [-0.4, -0.2) is 5.84 Å². The van der Waals surface area contributed by atoms with Crippen molar-refractivity contribution < 1.29 is 0 Å².